The largest absolute Gasteiger partial charge is 0.384 e. The maximum Gasteiger partial charge on any atom is 0.104 e. The van der Waals surface area contributed by atoms with E-state index in [4.69, 9.17) is 5.11 Å². The molecule has 3 nitrogen and oxygen atoms in total. The molecule has 1 aromatic heterocycles. The summed E-state index contributed by atoms with van der Waals surface area (Å²) in [6.07, 6.45) is 6.82. The van der Waals surface area contributed by atoms with Crippen LogP contribution in [-0.2, 0) is 6.54 Å². The number of aliphatic hydroxyl groups is 1. The molecule has 0 bridgehead atoms. The van der Waals surface area contributed by atoms with Crippen molar-refractivity contribution >= 4 is 11.3 Å². The zero-order valence-electron chi connectivity index (χ0n) is 13.3. The molecule has 3 rings (SSSR count). The van der Waals surface area contributed by atoms with Crippen LogP contribution in [0, 0.1) is 11.8 Å². The summed E-state index contributed by atoms with van der Waals surface area (Å²) in [5, 5.41) is 8.78. The van der Waals surface area contributed by atoms with Crippen molar-refractivity contribution in [1.29, 1.82) is 0 Å². The van der Waals surface area contributed by atoms with Gasteiger partial charge in [0.05, 0.1) is 4.88 Å². The number of likely N-dealkylation sites (tertiary alicyclic amines) is 2. The van der Waals surface area contributed by atoms with E-state index < -0.39 is 0 Å². The number of hydrogen-bond donors (Lipinski definition) is 1. The van der Waals surface area contributed by atoms with Crippen LogP contribution in [0.15, 0.2) is 12.1 Å². The van der Waals surface area contributed by atoms with Gasteiger partial charge in [-0.2, -0.15) is 0 Å². The molecule has 2 aliphatic heterocycles. The standard InChI is InChI=1S/C18H26N2OS/c21-13-5-7-17-8-9-18(22-17)15-20-12-2-1-6-16(20)14-19-10-3-4-11-19/h8-9,16,21H,1-4,6,10-15H2/t16-/m1/s1. The number of rotatable bonds is 4. The van der Waals surface area contributed by atoms with Gasteiger partial charge in [-0.1, -0.05) is 18.3 Å². The van der Waals surface area contributed by atoms with Crippen LogP contribution in [0.4, 0.5) is 0 Å². The van der Waals surface area contributed by atoms with E-state index in [2.05, 4.69) is 33.8 Å². The smallest absolute Gasteiger partial charge is 0.104 e. The molecule has 1 aromatic rings. The third kappa shape index (κ3) is 4.33. The topological polar surface area (TPSA) is 26.7 Å². The summed E-state index contributed by atoms with van der Waals surface area (Å²) < 4.78 is 0. The van der Waals surface area contributed by atoms with E-state index >= 15 is 0 Å². The Morgan fingerprint density at radius 1 is 1.14 bits per heavy atom. The molecule has 4 heteroatoms. The number of hydrogen-bond acceptors (Lipinski definition) is 4. The summed E-state index contributed by atoms with van der Waals surface area (Å²) in [7, 11) is 0. The molecule has 0 spiro atoms. The van der Waals surface area contributed by atoms with E-state index in [-0.39, 0.29) is 6.61 Å². The summed E-state index contributed by atoms with van der Waals surface area (Å²) in [6.45, 7) is 6.08. The van der Waals surface area contributed by atoms with Crippen molar-refractivity contribution < 1.29 is 5.11 Å². The zero-order valence-corrected chi connectivity index (χ0v) is 14.1. The van der Waals surface area contributed by atoms with Gasteiger partial charge in [0.25, 0.3) is 0 Å². The summed E-state index contributed by atoms with van der Waals surface area (Å²) in [5.74, 6) is 5.75. The lowest BCUT2D eigenvalue weighted by Crippen LogP contribution is -2.45. The lowest BCUT2D eigenvalue weighted by molar-refractivity contribution is 0.107. The number of aliphatic hydroxyl groups excluding tert-OH is 1. The van der Waals surface area contributed by atoms with Crippen molar-refractivity contribution in [2.75, 3.05) is 32.8 Å². The van der Waals surface area contributed by atoms with E-state index in [9.17, 15) is 0 Å². The van der Waals surface area contributed by atoms with E-state index in [0.29, 0.717) is 0 Å². The molecule has 120 valence electrons. The van der Waals surface area contributed by atoms with Crippen LogP contribution in [0.25, 0.3) is 0 Å². The second-order valence-electron chi connectivity index (χ2n) is 6.35. The highest BCUT2D eigenvalue weighted by Gasteiger charge is 2.25. The maximum absolute atomic E-state index is 8.78. The lowest BCUT2D eigenvalue weighted by atomic mass is 10.0. The summed E-state index contributed by atoms with van der Waals surface area (Å²) in [4.78, 5) is 7.79. The molecule has 0 unspecified atom stereocenters. The third-order valence-electron chi connectivity index (χ3n) is 4.73. The highest BCUT2D eigenvalue weighted by Crippen LogP contribution is 2.24. The molecule has 0 amide bonds. The summed E-state index contributed by atoms with van der Waals surface area (Å²) in [5.41, 5.74) is 0. The normalized spacial score (nSPS) is 23.4. The van der Waals surface area contributed by atoms with Gasteiger partial charge in [-0.15, -0.1) is 11.3 Å². The van der Waals surface area contributed by atoms with Gasteiger partial charge in [-0.05, 0) is 57.5 Å². The van der Waals surface area contributed by atoms with Gasteiger partial charge in [0, 0.05) is 24.0 Å². The van der Waals surface area contributed by atoms with E-state index in [1.807, 2.05) is 0 Å². The molecule has 3 heterocycles. The molecule has 1 atom stereocenters. The van der Waals surface area contributed by atoms with Crippen LogP contribution in [0.3, 0.4) is 0 Å². The predicted octanol–water partition coefficient (Wildman–Crippen LogP) is 2.54. The molecular weight excluding hydrogens is 292 g/mol. The van der Waals surface area contributed by atoms with Gasteiger partial charge >= 0.3 is 0 Å². The minimum atomic E-state index is -0.0583. The second-order valence-corrected chi connectivity index (χ2v) is 7.52. The zero-order chi connectivity index (χ0) is 15.2. The van der Waals surface area contributed by atoms with Crippen LogP contribution >= 0.6 is 11.3 Å². The molecule has 0 saturated carbocycles. The highest BCUT2D eigenvalue weighted by molar-refractivity contribution is 7.12. The fraction of sp³-hybridized carbons (Fsp3) is 0.667. The van der Waals surface area contributed by atoms with Crippen LogP contribution in [0.2, 0.25) is 0 Å². The Morgan fingerprint density at radius 2 is 1.95 bits per heavy atom. The van der Waals surface area contributed by atoms with Crippen LogP contribution in [-0.4, -0.2) is 53.7 Å². The molecule has 22 heavy (non-hydrogen) atoms. The first-order valence-electron chi connectivity index (χ1n) is 8.50. The molecule has 0 radical (unpaired) electrons. The van der Waals surface area contributed by atoms with Crippen molar-refractivity contribution in [3.05, 3.63) is 21.9 Å². The van der Waals surface area contributed by atoms with Gasteiger partial charge in [0.15, 0.2) is 0 Å². The number of nitrogens with zero attached hydrogens (tertiary/aromatic N) is 2. The first kappa shape index (κ1) is 16.0. The Bertz CT molecular complexity index is 525. The molecule has 0 aliphatic carbocycles. The Hall–Kier alpha value is -0.860. The highest BCUT2D eigenvalue weighted by atomic mass is 32.1. The van der Waals surface area contributed by atoms with Gasteiger partial charge in [-0.3, -0.25) is 4.90 Å². The lowest BCUT2D eigenvalue weighted by Gasteiger charge is -2.37. The molecular formula is C18H26N2OS. The molecule has 0 aromatic carbocycles. The van der Waals surface area contributed by atoms with Crippen molar-refractivity contribution in [1.82, 2.24) is 9.80 Å². The van der Waals surface area contributed by atoms with Crippen molar-refractivity contribution in [3.8, 4) is 11.8 Å². The molecule has 1 N–H and O–H groups in total. The average molecular weight is 318 g/mol. The van der Waals surface area contributed by atoms with Gasteiger partial charge in [0.1, 0.15) is 6.61 Å². The predicted molar refractivity (Wildman–Crippen MR) is 92.0 cm³/mol. The minimum absolute atomic E-state index is 0.0583. The van der Waals surface area contributed by atoms with Crippen LogP contribution in [0.5, 0.6) is 0 Å². The maximum atomic E-state index is 8.78. The van der Waals surface area contributed by atoms with E-state index in [1.165, 1.54) is 63.2 Å². The van der Waals surface area contributed by atoms with Crippen molar-refractivity contribution in [3.63, 3.8) is 0 Å². The Morgan fingerprint density at radius 3 is 2.77 bits per heavy atom. The van der Waals surface area contributed by atoms with Crippen LogP contribution in [0.1, 0.15) is 41.9 Å². The fourth-order valence-corrected chi connectivity index (χ4v) is 4.50. The molecule has 2 aliphatic rings. The molecule has 2 saturated heterocycles. The quantitative estimate of drug-likeness (QED) is 0.864. The van der Waals surface area contributed by atoms with Gasteiger partial charge in [-0.25, -0.2) is 0 Å². The average Bonchev–Trinajstić information content (AvgIpc) is 3.19. The van der Waals surface area contributed by atoms with Crippen molar-refractivity contribution in [2.45, 2.75) is 44.7 Å². The number of piperidine rings is 1. The summed E-state index contributed by atoms with van der Waals surface area (Å²) in [6, 6.07) is 5.01. The van der Waals surface area contributed by atoms with Gasteiger partial charge in [0.2, 0.25) is 0 Å². The van der Waals surface area contributed by atoms with E-state index in [1.54, 1.807) is 11.3 Å². The van der Waals surface area contributed by atoms with Gasteiger partial charge < -0.3 is 10.0 Å². The summed E-state index contributed by atoms with van der Waals surface area (Å²) >= 11 is 1.77. The monoisotopic (exact) mass is 318 g/mol. The van der Waals surface area contributed by atoms with Crippen LogP contribution < -0.4 is 0 Å². The number of thiophene rings is 1. The van der Waals surface area contributed by atoms with E-state index in [0.717, 1.165) is 17.5 Å². The minimum Gasteiger partial charge on any atom is -0.384 e. The second kappa shape index (κ2) is 8.12. The Balaban J connectivity index is 1.59. The Labute approximate surface area is 137 Å². The Kier molecular flexibility index (Phi) is 5.91. The third-order valence-corrected chi connectivity index (χ3v) is 5.71. The fourth-order valence-electron chi connectivity index (χ4n) is 3.60. The molecule has 2 fully saturated rings. The first-order valence-corrected chi connectivity index (χ1v) is 9.31. The SMILES string of the molecule is OCC#Cc1ccc(CN2CCCC[C@@H]2CN2CCCC2)s1. The first-order chi connectivity index (χ1) is 10.8. The van der Waals surface area contributed by atoms with Crippen molar-refractivity contribution in [2.24, 2.45) is 0 Å².